The van der Waals surface area contributed by atoms with Gasteiger partial charge in [0.2, 0.25) is 0 Å². The molecule has 1 aliphatic rings. The summed E-state index contributed by atoms with van der Waals surface area (Å²) in [5.41, 5.74) is 2.64. The number of carbonyl (C=O) groups is 1. The van der Waals surface area contributed by atoms with Crippen LogP contribution >= 0.6 is 11.3 Å². The third-order valence-electron chi connectivity index (χ3n) is 5.33. The van der Waals surface area contributed by atoms with Gasteiger partial charge in [-0.25, -0.2) is 4.98 Å². The molecule has 3 aromatic rings. The summed E-state index contributed by atoms with van der Waals surface area (Å²) in [5, 5.41) is 6.85. The normalized spacial score (nSPS) is 15.0. The van der Waals surface area contributed by atoms with Crippen LogP contribution in [0.5, 0.6) is 0 Å². The zero-order chi connectivity index (χ0) is 20.8. The molecule has 160 valence electrons. The quantitative estimate of drug-likeness (QED) is 0.531. The molecule has 0 radical (unpaired) electrons. The maximum atomic E-state index is 12.5. The molecule has 1 amide bonds. The van der Waals surface area contributed by atoms with Crippen LogP contribution in [0.15, 0.2) is 35.7 Å². The summed E-state index contributed by atoms with van der Waals surface area (Å²) in [6.07, 6.45) is 0.925. The van der Waals surface area contributed by atoms with Gasteiger partial charge in [-0.15, -0.1) is 11.3 Å². The molecule has 8 heteroatoms. The van der Waals surface area contributed by atoms with E-state index in [0.717, 1.165) is 67.4 Å². The Morgan fingerprint density at radius 1 is 1.27 bits per heavy atom. The number of morpholine rings is 1. The van der Waals surface area contributed by atoms with Gasteiger partial charge in [0.25, 0.3) is 5.91 Å². The van der Waals surface area contributed by atoms with E-state index in [1.165, 1.54) is 11.3 Å². The largest absolute Gasteiger partial charge is 0.383 e. The number of benzene rings is 1. The summed E-state index contributed by atoms with van der Waals surface area (Å²) >= 11 is 1.50. The second-order valence-corrected chi connectivity index (χ2v) is 8.19. The average Bonchev–Trinajstić information content (AvgIpc) is 3.41. The van der Waals surface area contributed by atoms with Crippen LogP contribution in [0, 0.1) is 0 Å². The van der Waals surface area contributed by atoms with Crippen molar-refractivity contribution >= 4 is 28.1 Å². The first kappa shape index (κ1) is 21.0. The molecule has 1 saturated heterocycles. The van der Waals surface area contributed by atoms with Crippen molar-refractivity contribution in [3.05, 3.63) is 41.4 Å². The molecule has 1 N–H and O–H groups in total. The number of carbonyl (C=O) groups excluding carboxylic acids is 1. The number of ether oxygens (including phenoxy) is 2. The lowest BCUT2D eigenvalue weighted by Crippen LogP contribution is -2.38. The lowest BCUT2D eigenvalue weighted by atomic mass is 10.2. The van der Waals surface area contributed by atoms with E-state index in [4.69, 9.17) is 9.47 Å². The average molecular weight is 429 g/mol. The van der Waals surface area contributed by atoms with E-state index in [-0.39, 0.29) is 5.91 Å². The molecule has 2 aromatic heterocycles. The summed E-state index contributed by atoms with van der Waals surface area (Å²) in [6, 6.07) is 10.4. The molecule has 0 aliphatic carbocycles. The second-order valence-electron chi connectivity index (χ2n) is 7.33. The van der Waals surface area contributed by atoms with Crippen molar-refractivity contribution in [3.8, 4) is 10.7 Å². The highest BCUT2D eigenvalue weighted by Crippen LogP contribution is 2.30. The van der Waals surface area contributed by atoms with Crippen LogP contribution in [0.4, 0.5) is 0 Å². The minimum atomic E-state index is -0.112. The SMILES string of the molecule is COCCn1c(-c2nc(C(=O)NCCCN3CCOCC3)cs2)cc2ccccc21. The fourth-order valence-corrected chi connectivity index (χ4v) is 4.55. The molecule has 0 unspecified atom stereocenters. The third kappa shape index (κ3) is 4.89. The Hall–Kier alpha value is -2.26. The molecule has 0 bridgehead atoms. The van der Waals surface area contributed by atoms with Gasteiger partial charge in [0.1, 0.15) is 10.7 Å². The number of hydrogen-bond donors (Lipinski definition) is 1. The maximum absolute atomic E-state index is 12.5. The van der Waals surface area contributed by atoms with Crippen LogP contribution in [-0.4, -0.2) is 73.5 Å². The highest BCUT2D eigenvalue weighted by atomic mass is 32.1. The predicted octanol–water partition coefficient (Wildman–Crippen LogP) is 2.86. The summed E-state index contributed by atoms with van der Waals surface area (Å²) in [4.78, 5) is 19.5. The summed E-state index contributed by atoms with van der Waals surface area (Å²) < 4.78 is 12.9. The van der Waals surface area contributed by atoms with E-state index >= 15 is 0 Å². The molecule has 7 nitrogen and oxygen atoms in total. The summed E-state index contributed by atoms with van der Waals surface area (Å²) in [7, 11) is 1.70. The van der Waals surface area contributed by atoms with Gasteiger partial charge in [0, 0.05) is 49.6 Å². The van der Waals surface area contributed by atoms with Crippen LogP contribution in [-0.2, 0) is 16.0 Å². The molecule has 0 saturated carbocycles. The molecule has 1 fully saturated rings. The number of rotatable bonds is 9. The Labute approximate surface area is 180 Å². The number of aromatic nitrogens is 2. The summed E-state index contributed by atoms with van der Waals surface area (Å²) in [5.74, 6) is -0.112. The lowest BCUT2D eigenvalue weighted by molar-refractivity contribution is 0.0374. The highest BCUT2D eigenvalue weighted by molar-refractivity contribution is 7.13. The number of nitrogens with zero attached hydrogens (tertiary/aromatic N) is 3. The standard InChI is InChI=1S/C22H28N4O3S/c1-28-12-11-26-19-6-3-2-5-17(19)15-20(26)22-24-18(16-30-22)21(27)23-7-4-8-25-9-13-29-14-10-25/h2-3,5-6,15-16H,4,7-14H2,1H3,(H,23,27). The number of nitrogens with one attached hydrogen (secondary N) is 1. The molecule has 1 aromatic carbocycles. The second kappa shape index (κ2) is 10.2. The van der Waals surface area contributed by atoms with E-state index in [1.54, 1.807) is 7.11 Å². The first-order valence-electron chi connectivity index (χ1n) is 10.4. The molecule has 0 atom stereocenters. The van der Waals surface area contributed by atoms with Crippen molar-refractivity contribution in [3.63, 3.8) is 0 Å². The van der Waals surface area contributed by atoms with Gasteiger partial charge < -0.3 is 19.4 Å². The van der Waals surface area contributed by atoms with Gasteiger partial charge >= 0.3 is 0 Å². The van der Waals surface area contributed by atoms with Crippen LogP contribution in [0.2, 0.25) is 0 Å². The predicted molar refractivity (Wildman–Crippen MR) is 119 cm³/mol. The fraction of sp³-hybridized carbons (Fsp3) is 0.455. The van der Waals surface area contributed by atoms with Gasteiger partial charge in [-0.1, -0.05) is 18.2 Å². The van der Waals surface area contributed by atoms with E-state index in [2.05, 4.69) is 38.0 Å². The van der Waals surface area contributed by atoms with Crippen molar-refractivity contribution in [2.45, 2.75) is 13.0 Å². The van der Waals surface area contributed by atoms with Gasteiger partial charge in [0.05, 0.1) is 25.5 Å². The van der Waals surface area contributed by atoms with E-state index in [0.29, 0.717) is 18.8 Å². The smallest absolute Gasteiger partial charge is 0.270 e. The molecular weight excluding hydrogens is 400 g/mol. The number of hydrogen-bond acceptors (Lipinski definition) is 6. The topological polar surface area (TPSA) is 68.6 Å². The zero-order valence-electron chi connectivity index (χ0n) is 17.3. The maximum Gasteiger partial charge on any atom is 0.270 e. The fourth-order valence-electron chi connectivity index (χ4n) is 3.73. The van der Waals surface area contributed by atoms with Gasteiger partial charge in [-0.2, -0.15) is 0 Å². The first-order chi connectivity index (χ1) is 14.8. The zero-order valence-corrected chi connectivity index (χ0v) is 18.1. The Balaban J connectivity index is 1.40. The lowest BCUT2D eigenvalue weighted by Gasteiger charge is -2.26. The highest BCUT2D eigenvalue weighted by Gasteiger charge is 2.17. The van der Waals surface area contributed by atoms with Crippen molar-refractivity contribution in [2.75, 3.05) is 53.1 Å². The van der Waals surface area contributed by atoms with Gasteiger partial charge in [0.15, 0.2) is 0 Å². The van der Waals surface area contributed by atoms with Crippen molar-refractivity contribution in [1.29, 1.82) is 0 Å². The van der Waals surface area contributed by atoms with E-state index in [9.17, 15) is 4.79 Å². The minimum absolute atomic E-state index is 0.112. The van der Waals surface area contributed by atoms with E-state index < -0.39 is 0 Å². The Morgan fingerprint density at radius 3 is 2.93 bits per heavy atom. The van der Waals surface area contributed by atoms with Crippen LogP contribution < -0.4 is 5.32 Å². The number of para-hydroxylation sites is 1. The van der Waals surface area contributed by atoms with Crippen LogP contribution in [0.1, 0.15) is 16.9 Å². The monoisotopic (exact) mass is 428 g/mol. The third-order valence-corrected chi connectivity index (χ3v) is 6.19. The first-order valence-corrected chi connectivity index (χ1v) is 11.3. The Morgan fingerprint density at radius 2 is 2.10 bits per heavy atom. The van der Waals surface area contributed by atoms with Gasteiger partial charge in [-0.3, -0.25) is 9.69 Å². The summed E-state index contributed by atoms with van der Waals surface area (Å²) in [6.45, 7) is 6.53. The molecule has 0 spiro atoms. The Bertz CT molecular complexity index is 978. The molecule has 30 heavy (non-hydrogen) atoms. The molecule has 3 heterocycles. The van der Waals surface area contributed by atoms with Crippen LogP contribution in [0.25, 0.3) is 21.6 Å². The van der Waals surface area contributed by atoms with Crippen molar-refractivity contribution < 1.29 is 14.3 Å². The number of thiazole rings is 1. The molecule has 1 aliphatic heterocycles. The number of methoxy groups -OCH3 is 1. The Kier molecular flexibility index (Phi) is 7.11. The van der Waals surface area contributed by atoms with Crippen LogP contribution in [0.3, 0.4) is 0 Å². The number of amides is 1. The van der Waals surface area contributed by atoms with E-state index in [1.807, 2.05) is 17.5 Å². The molecular formula is C22H28N4O3S. The minimum Gasteiger partial charge on any atom is -0.383 e. The van der Waals surface area contributed by atoms with Crippen molar-refractivity contribution in [1.82, 2.24) is 19.8 Å². The van der Waals surface area contributed by atoms with Gasteiger partial charge in [-0.05, 0) is 25.1 Å². The molecule has 4 rings (SSSR count). The number of fused-ring (bicyclic) bond motifs is 1. The van der Waals surface area contributed by atoms with Crippen molar-refractivity contribution in [2.24, 2.45) is 0 Å².